The van der Waals surface area contributed by atoms with E-state index in [-0.39, 0.29) is 24.1 Å². The normalized spacial score (nSPS) is 24.7. The monoisotopic (exact) mass is 292 g/mol. The van der Waals surface area contributed by atoms with Crippen molar-refractivity contribution >= 4 is 10.2 Å². The lowest BCUT2D eigenvalue weighted by Crippen LogP contribution is -2.54. The van der Waals surface area contributed by atoms with E-state index >= 15 is 0 Å². The summed E-state index contributed by atoms with van der Waals surface area (Å²) in [5.41, 5.74) is -0.119. The largest absolute Gasteiger partial charge is 0.395 e. The van der Waals surface area contributed by atoms with Crippen LogP contribution in [-0.2, 0) is 10.2 Å². The molecule has 0 saturated carbocycles. The number of piperidine rings is 1. The van der Waals surface area contributed by atoms with E-state index < -0.39 is 10.2 Å². The fraction of sp³-hybridized carbons (Fsp3) is 1.00. The van der Waals surface area contributed by atoms with Crippen LogP contribution in [0.5, 0.6) is 0 Å². The van der Waals surface area contributed by atoms with Gasteiger partial charge in [0.1, 0.15) is 0 Å². The molecule has 6 heteroatoms. The number of aliphatic hydroxyl groups excluding tert-OH is 1. The van der Waals surface area contributed by atoms with Crippen molar-refractivity contribution in [3.05, 3.63) is 0 Å². The minimum Gasteiger partial charge on any atom is -0.395 e. The number of nitrogens with zero attached hydrogens (tertiary/aromatic N) is 2. The van der Waals surface area contributed by atoms with Crippen LogP contribution in [0.2, 0.25) is 0 Å². The molecule has 2 atom stereocenters. The van der Waals surface area contributed by atoms with Crippen LogP contribution < -0.4 is 0 Å². The predicted molar refractivity (Wildman–Crippen MR) is 77.0 cm³/mol. The molecule has 2 unspecified atom stereocenters. The first-order valence-electron chi connectivity index (χ1n) is 6.98. The highest BCUT2D eigenvalue weighted by molar-refractivity contribution is 7.86. The van der Waals surface area contributed by atoms with Gasteiger partial charge in [-0.3, -0.25) is 0 Å². The summed E-state index contributed by atoms with van der Waals surface area (Å²) in [7, 11) is -1.87. The van der Waals surface area contributed by atoms with Gasteiger partial charge in [-0.05, 0) is 25.2 Å². The molecule has 1 saturated heterocycles. The molecule has 0 bridgehead atoms. The third-order valence-corrected chi connectivity index (χ3v) is 6.36. The Morgan fingerprint density at radius 2 is 1.95 bits per heavy atom. The van der Waals surface area contributed by atoms with E-state index in [0.29, 0.717) is 6.54 Å². The molecule has 1 aliphatic heterocycles. The third kappa shape index (κ3) is 3.68. The topological polar surface area (TPSA) is 60.9 Å². The SMILES string of the molecule is CC(N(C)S(=O)(=O)N1CCCCC1CO)C(C)(C)C. The van der Waals surface area contributed by atoms with Crippen LogP contribution in [-0.4, -0.2) is 54.4 Å². The van der Waals surface area contributed by atoms with Gasteiger partial charge in [0, 0.05) is 25.7 Å². The third-order valence-electron chi connectivity index (χ3n) is 4.24. The molecule has 0 aromatic heterocycles. The molecule has 0 radical (unpaired) electrons. The molecule has 1 rings (SSSR count). The predicted octanol–water partition coefficient (Wildman–Crippen LogP) is 1.44. The van der Waals surface area contributed by atoms with Gasteiger partial charge in [-0.15, -0.1) is 0 Å². The van der Waals surface area contributed by atoms with Crippen molar-refractivity contribution in [3.63, 3.8) is 0 Å². The summed E-state index contributed by atoms with van der Waals surface area (Å²) < 4.78 is 28.3. The van der Waals surface area contributed by atoms with E-state index in [1.54, 1.807) is 7.05 Å². The van der Waals surface area contributed by atoms with Gasteiger partial charge in [-0.1, -0.05) is 27.2 Å². The van der Waals surface area contributed by atoms with Crippen LogP contribution in [0, 0.1) is 5.41 Å². The van der Waals surface area contributed by atoms with E-state index in [2.05, 4.69) is 0 Å². The zero-order valence-corrected chi connectivity index (χ0v) is 13.6. The minimum absolute atomic E-state index is 0.0984. The van der Waals surface area contributed by atoms with Crippen LogP contribution in [0.15, 0.2) is 0 Å². The second kappa shape index (κ2) is 6.08. The van der Waals surface area contributed by atoms with Gasteiger partial charge in [-0.25, -0.2) is 0 Å². The van der Waals surface area contributed by atoms with Crippen LogP contribution in [0.25, 0.3) is 0 Å². The molecule has 5 nitrogen and oxygen atoms in total. The molecule has 0 aromatic carbocycles. The highest BCUT2D eigenvalue weighted by Gasteiger charge is 2.39. The fourth-order valence-corrected chi connectivity index (χ4v) is 4.33. The Hall–Kier alpha value is -0.170. The van der Waals surface area contributed by atoms with Gasteiger partial charge in [0.2, 0.25) is 0 Å². The van der Waals surface area contributed by atoms with E-state index in [1.165, 1.54) is 8.61 Å². The summed E-state index contributed by atoms with van der Waals surface area (Å²) in [6.07, 6.45) is 2.59. The molecule has 19 heavy (non-hydrogen) atoms. The summed E-state index contributed by atoms with van der Waals surface area (Å²) in [6.45, 7) is 8.43. The minimum atomic E-state index is -3.50. The summed E-state index contributed by atoms with van der Waals surface area (Å²) >= 11 is 0. The first-order valence-corrected chi connectivity index (χ1v) is 8.37. The van der Waals surface area contributed by atoms with Gasteiger partial charge in [0.25, 0.3) is 10.2 Å². The maximum absolute atomic E-state index is 12.7. The average molecular weight is 292 g/mol. The molecule has 1 N–H and O–H groups in total. The van der Waals surface area contributed by atoms with Crippen molar-refractivity contribution in [3.8, 4) is 0 Å². The van der Waals surface area contributed by atoms with Crippen molar-refractivity contribution in [2.24, 2.45) is 5.41 Å². The van der Waals surface area contributed by atoms with Crippen molar-refractivity contribution in [1.82, 2.24) is 8.61 Å². The summed E-state index contributed by atoms with van der Waals surface area (Å²) in [6, 6.07) is -0.368. The second-order valence-electron chi connectivity index (χ2n) is 6.51. The smallest absolute Gasteiger partial charge is 0.282 e. The van der Waals surface area contributed by atoms with Crippen LogP contribution in [0.4, 0.5) is 0 Å². The Kier molecular flexibility index (Phi) is 5.40. The van der Waals surface area contributed by atoms with Gasteiger partial charge >= 0.3 is 0 Å². The van der Waals surface area contributed by atoms with Crippen LogP contribution in [0.3, 0.4) is 0 Å². The standard InChI is InChI=1S/C13H28N2O3S/c1-11(13(2,3)4)14(5)19(17,18)15-9-7-6-8-12(15)10-16/h11-12,16H,6-10H2,1-5H3. The van der Waals surface area contributed by atoms with Crippen molar-refractivity contribution in [1.29, 1.82) is 0 Å². The first-order chi connectivity index (χ1) is 8.62. The molecule has 0 spiro atoms. The maximum atomic E-state index is 12.7. The maximum Gasteiger partial charge on any atom is 0.282 e. The summed E-state index contributed by atoms with van der Waals surface area (Å²) in [5.74, 6) is 0. The van der Waals surface area contributed by atoms with E-state index in [4.69, 9.17) is 0 Å². The van der Waals surface area contributed by atoms with Gasteiger partial charge in [-0.2, -0.15) is 17.0 Å². The lowest BCUT2D eigenvalue weighted by Gasteiger charge is -2.41. The number of rotatable bonds is 4. The van der Waals surface area contributed by atoms with Crippen LogP contribution in [0.1, 0.15) is 47.0 Å². The Labute approximate surface area is 117 Å². The van der Waals surface area contributed by atoms with Gasteiger partial charge < -0.3 is 5.11 Å². The Morgan fingerprint density at radius 3 is 2.42 bits per heavy atom. The Balaban J connectivity index is 2.96. The average Bonchev–Trinajstić information content (AvgIpc) is 2.35. The van der Waals surface area contributed by atoms with Crippen molar-refractivity contribution < 1.29 is 13.5 Å². The lowest BCUT2D eigenvalue weighted by molar-refractivity contribution is 0.138. The fourth-order valence-electron chi connectivity index (χ4n) is 2.37. The highest BCUT2D eigenvalue weighted by atomic mass is 32.2. The van der Waals surface area contributed by atoms with E-state index in [0.717, 1.165) is 19.3 Å². The Morgan fingerprint density at radius 1 is 1.37 bits per heavy atom. The molecule has 114 valence electrons. The number of aliphatic hydroxyl groups is 1. The quantitative estimate of drug-likeness (QED) is 0.853. The van der Waals surface area contributed by atoms with E-state index in [9.17, 15) is 13.5 Å². The van der Waals surface area contributed by atoms with E-state index in [1.807, 2.05) is 27.7 Å². The molecule has 0 aliphatic carbocycles. The van der Waals surface area contributed by atoms with Crippen molar-refractivity contribution in [2.45, 2.75) is 59.0 Å². The van der Waals surface area contributed by atoms with Gasteiger partial charge in [0.15, 0.2) is 0 Å². The highest BCUT2D eigenvalue weighted by Crippen LogP contribution is 2.28. The number of hydrogen-bond donors (Lipinski definition) is 1. The molecule has 1 heterocycles. The van der Waals surface area contributed by atoms with Crippen molar-refractivity contribution in [2.75, 3.05) is 20.2 Å². The molecule has 1 aliphatic rings. The molecular weight excluding hydrogens is 264 g/mol. The zero-order chi connectivity index (χ0) is 14.8. The molecular formula is C13H28N2O3S. The summed E-state index contributed by atoms with van der Waals surface area (Å²) in [4.78, 5) is 0. The second-order valence-corrected chi connectivity index (χ2v) is 8.45. The molecule has 0 amide bonds. The lowest BCUT2D eigenvalue weighted by atomic mass is 9.88. The molecule has 0 aromatic rings. The molecule has 1 fully saturated rings. The van der Waals surface area contributed by atoms with Crippen LogP contribution >= 0.6 is 0 Å². The summed E-state index contributed by atoms with van der Waals surface area (Å²) in [5, 5.41) is 9.38. The first kappa shape index (κ1) is 16.9. The Bertz CT molecular complexity index is 389. The number of hydrogen-bond acceptors (Lipinski definition) is 3. The van der Waals surface area contributed by atoms with Gasteiger partial charge in [0.05, 0.1) is 6.61 Å². The zero-order valence-electron chi connectivity index (χ0n) is 12.8.